The van der Waals surface area contributed by atoms with Crippen LogP contribution in [0.5, 0.6) is 0 Å². The van der Waals surface area contributed by atoms with Gasteiger partial charge in [0.05, 0.1) is 0 Å². The van der Waals surface area contributed by atoms with Crippen molar-refractivity contribution in [2.24, 2.45) is 0 Å². The molecule has 1 aromatic carbocycles. The van der Waals surface area contributed by atoms with Crippen LogP contribution < -0.4 is 5.32 Å². The van der Waals surface area contributed by atoms with E-state index in [0.717, 1.165) is 12.8 Å². The second-order valence-electron chi connectivity index (χ2n) is 4.69. The zero-order valence-corrected chi connectivity index (χ0v) is 10.1. The van der Waals surface area contributed by atoms with E-state index in [9.17, 15) is 8.78 Å². The highest BCUT2D eigenvalue weighted by molar-refractivity contribution is 5.19. The third kappa shape index (κ3) is 3.56. The van der Waals surface area contributed by atoms with Crippen LogP contribution in [0.1, 0.15) is 39.2 Å². The molecule has 0 saturated carbocycles. The average Bonchev–Trinajstić information content (AvgIpc) is 2.16. The van der Waals surface area contributed by atoms with Gasteiger partial charge in [-0.1, -0.05) is 19.4 Å². The van der Waals surface area contributed by atoms with Crippen molar-refractivity contribution in [3.05, 3.63) is 35.4 Å². The van der Waals surface area contributed by atoms with Crippen molar-refractivity contribution in [2.75, 3.05) is 0 Å². The van der Waals surface area contributed by atoms with Crippen molar-refractivity contribution < 1.29 is 8.78 Å². The lowest BCUT2D eigenvalue weighted by Gasteiger charge is -2.26. The molecule has 1 N–H and O–H groups in total. The standard InChI is InChI=1S/C13H19F2N/c1-4-8-13(2,3)16-9-10-11(14)6-5-7-12(10)15/h5-7,16H,4,8-9H2,1-3H3. The third-order valence-electron chi connectivity index (χ3n) is 2.68. The maximum absolute atomic E-state index is 13.3. The van der Waals surface area contributed by atoms with Crippen LogP contribution in [0.15, 0.2) is 18.2 Å². The molecular formula is C13H19F2N. The molecule has 1 nitrogen and oxygen atoms in total. The lowest BCUT2D eigenvalue weighted by molar-refractivity contribution is 0.350. The number of rotatable bonds is 5. The van der Waals surface area contributed by atoms with Crippen LogP contribution in [0.25, 0.3) is 0 Å². The van der Waals surface area contributed by atoms with Crippen molar-refractivity contribution in [1.29, 1.82) is 0 Å². The molecule has 0 aliphatic carbocycles. The van der Waals surface area contributed by atoms with E-state index < -0.39 is 11.6 Å². The van der Waals surface area contributed by atoms with Gasteiger partial charge in [0, 0.05) is 17.6 Å². The quantitative estimate of drug-likeness (QED) is 0.810. The first-order chi connectivity index (χ1) is 7.46. The van der Waals surface area contributed by atoms with Gasteiger partial charge in [0.25, 0.3) is 0 Å². The number of halogens is 2. The Labute approximate surface area is 95.9 Å². The highest BCUT2D eigenvalue weighted by Gasteiger charge is 2.17. The first kappa shape index (κ1) is 13.1. The van der Waals surface area contributed by atoms with E-state index in [1.807, 2.05) is 13.8 Å². The molecule has 0 saturated heterocycles. The Morgan fingerprint density at radius 3 is 2.25 bits per heavy atom. The second kappa shape index (κ2) is 5.39. The first-order valence-corrected chi connectivity index (χ1v) is 5.64. The zero-order valence-electron chi connectivity index (χ0n) is 10.1. The molecule has 0 unspecified atom stereocenters. The van der Waals surface area contributed by atoms with Crippen molar-refractivity contribution >= 4 is 0 Å². The predicted octanol–water partition coefficient (Wildman–Crippen LogP) is 3.63. The zero-order chi connectivity index (χ0) is 12.2. The van der Waals surface area contributed by atoms with Gasteiger partial charge in [-0.15, -0.1) is 0 Å². The molecule has 0 heterocycles. The highest BCUT2D eigenvalue weighted by Crippen LogP contribution is 2.15. The minimum atomic E-state index is -0.486. The molecule has 0 radical (unpaired) electrons. The van der Waals surface area contributed by atoms with Gasteiger partial charge in [0.15, 0.2) is 0 Å². The van der Waals surface area contributed by atoms with Gasteiger partial charge in [-0.25, -0.2) is 8.78 Å². The summed E-state index contributed by atoms with van der Waals surface area (Å²) in [7, 11) is 0. The highest BCUT2D eigenvalue weighted by atomic mass is 19.1. The van der Waals surface area contributed by atoms with Gasteiger partial charge in [0.1, 0.15) is 11.6 Å². The van der Waals surface area contributed by atoms with Crippen LogP contribution in [-0.2, 0) is 6.54 Å². The van der Waals surface area contributed by atoms with Crippen molar-refractivity contribution in [3.8, 4) is 0 Å². The number of nitrogens with one attached hydrogen (secondary N) is 1. The van der Waals surface area contributed by atoms with Crippen LogP contribution in [0.3, 0.4) is 0 Å². The maximum Gasteiger partial charge on any atom is 0.130 e. The molecule has 1 rings (SSSR count). The molecule has 1 aromatic rings. The van der Waals surface area contributed by atoms with E-state index >= 15 is 0 Å². The maximum atomic E-state index is 13.3. The fraction of sp³-hybridized carbons (Fsp3) is 0.538. The van der Waals surface area contributed by atoms with E-state index in [2.05, 4.69) is 12.2 Å². The summed E-state index contributed by atoms with van der Waals surface area (Å²) in [4.78, 5) is 0. The Kier molecular flexibility index (Phi) is 4.42. The van der Waals surface area contributed by atoms with Crippen LogP contribution in [-0.4, -0.2) is 5.54 Å². The average molecular weight is 227 g/mol. The Balaban J connectivity index is 2.68. The fourth-order valence-electron chi connectivity index (χ4n) is 1.74. The Hall–Kier alpha value is -0.960. The molecule has 0 bridgehead atoms. The Bertz CT molecular complexity index is 328. The molecule has 0 fully saturated rings. The Morgan fingerprint density at radius 2 is 1.75 bits per heavy atom. The third-order valence-corrected chi connectivity index (χ3v) is 2.68. The molecule has 3 heteroatoms. The predicted molar refractivity (Wildman–Crippen MR) is 62.2 cm³/mol. The molecule has 0 atom stereocenters. The number of benzene rings is 1. The molecule has 0 aliphatic heterocycles. The molecular weight excluding hydrogens is 208 g/mol. The summed E-state index contributed by atoms with van der Waals surface area (Å²) in [6.45, 7) is 6.39. The van der Waals surface area contributed by atoms with E-state index in [0.29, 0.717) is 0 Å². The van der Waals surface area contributed by atoms with Gasteiger partial charge in [0.2, 0.25) is 0 Å². The van der Waals surface area contributed by atoms with Crippen molar-refractivity contribution in [1.82, 2.24) is 5.32 Å². The van der Waals surface area contributed by atoms with Crippen LogP contribution in [0, 0.1) is 11.6 Å². The van der Waals surface area contributed by atoms with Gasteiger partial charge in [-0.2, -0.15) is 0 Å². The SMILES string of the molecule is CCCC(C)(C)NCc1c(F)cccc1F. The van der Waals surface area contributed by atoms with Gasteiger partial charge in [-0.3, -0.25) is 0 Å². The van der Waals surface area contributed by atoms with E-state index in [4.69, 9.17) is 0 Å². The van der Waals surface area contributed by atoms with Gasteiger partial charge < -0.3 is 5.32 Å². The van der Waals surface area contributed by atoms with Crippen molar-refractivity contribution in [2.45, 2.75) is 45.7 Å². The molecule has 0 spiro atoms. The largest absolute Gasteiger partial charge is 0.308 e. The summed E-state index contributed by atoms with van der Waals surface area (Å²) < 4.78 is 26.7. The molecule has 0 aliphatic rings. The van der Waals surface area contributed by atoms with E-state index in [1.165, 1.54) is 18.2 Å². The first-order valence-electron chi connectivity index (χ1n) is 5.64. The smallest absolute Gasteiger partial charge is 0.130 e. The molecule has 90 valence electrons. The van der Waals surface area contributed by atoms with Crippen LogP contribution >= 0.6 is 0 Å². The summed E-state index contributed by atoms with van der Waals surface area (Å²) in [6, 6.07) is 3.95. The summed E-state index contributed by atoms with van der Waals surface area (Å²) in [6.07, 6.45) is 2.02. The topological polar surface area (TPSA) is 12.0 Å². The van der Waals surface area contributed by atoms with E-state index in [-0.39, 0.29) is 17.6 Å². The lowest BCUT2D eigenvalue weighted by atomic mass is 9.98. The summed E-state index contributed by atoms with van der Waals surface area (Å²) in [5.41, 5.74) is 0.0235. The minimum Gasteiger partial charge on any atom is -0.308 e. The molecule has 0 aromatic heterocycles. The van der Waals surface area contributed by atoms with Gasteiger partial charge in [-0.05, 0) is 32.4 Å². The summed E-state index contributed by atoms with van der Waals surface area (Å²) >= 11 is 0. The van der Waals surface area contributed by atoms with Gasteiger partial charge >= 0.3 is 0 Å². The number of hydrogen-bond acceptors (Lipinski definition) is 1. The van der Waals surface area contributed by atoms with Crippen molar-refractivity contribution in [3.63, 3.8) is 0 Å². The number of hydrogen-bond donors (Lipinski definition) is 1. The molecule has 0 amide bonds. The minimum absolute atomic E-state index is 0.0938. The second-order valence-corrected chi connectivity index (χ2v) is 4.69. The van der Waals surface area contributed by atoms with Crippen LogP contribution in [0.2, 0.25) is 0 Å². The molecule has 16 heavy (non-hydrogen) atoms. The Morgan fingerprint density at radius 1 is 1.19 bits per heavy atom. The lowest BCUT2D eigenvalue weighted by Crippen LogP contribution is -2.38. The fourth-order valence-corrected chi connectivity index (χ4v) is 1.74. The summed E-state index contributed by atoms with van der Waals surface area (Å²) in [5.74, 6) is -0.973. The summed E-state index contributed by atoms with van der Waals surface area (Å²) in [5, 5.41) is 3.18. The monoisotopic (exact) mass is 227 g/mol. The van der Waals surface area contributed by atoms with E-state index in [1.54, 1.807) is 0 Å². The van der Waals surface area contributed by atoms with Crippen LogP contribution in [0.4, 0.5) is 8.78 Å². The normalized spacial score (nSPS) is 11.8.